The summed E-state index contributed by atoms with van der Waals surface area (Å²) >= 11 is 7.26. The minimum Gasteiger partial charge on any atom is -0.496 e. The maximum atomic E-state index is 5.75. The van der Waals surface area contributed by atoms with E-state index in [1.807, 2.05) is 25.1 Å². The molecule has 21 heavy (non-hydrogen) atoms. The quantitative estimate of drug-likeness (QED) is 0.589. The Labute approximate surface area is 142 Å². The number of hydrogen-bond acceptors (Lipinski definition) is 2. The van der Waals surface area contributed by atoms with E-state index in [0.29, 0.717) is 6.61 Å². The predicted molar refractivity (Wildman–Crippen MR) is 93.8 cm³/mol. The van der Waals surface area contributed by atoms with E-state index in [2.05, 4.69) is 57.0 Å². The van der Waals surface area contributed by atoms with Gasteiger partial charge in [0.1, 0.15) is 11.5 Å². The molecule has 0 saturated heterocycles. The summed E-state index contributed by atoms with van der Waals surface area (Å²) in [5.41, 5.74) is 3.39. The Bertz CT molecular complexity index is 626. The summed E-state index contributed by atoms with van der Waals surface area (Å²) in [5.74, 6) is 1.74. The Morgan fingerprint density at radius 1 is 1.05 bits per heavy atom. The predicted octanol–water partition coefficient (Wildman–Crippen LogP) is 5.65. The van der Waals surface area contributed by atoms with Crippen molar-refractivity contribution in [2.24, 2.45) is 0 Å². The SMILES string of the molecule is CCOc1ccc(C)cc1C(Br)c1ccc(Br)cc1OC. The van der Waals surface area contributed by atoms with E-state index < -0.39 is 0 Å². The highest BCUT2D eigenvalue weighted by Gasteiger charge is 2.19. The van der Waals surface area contributed by atoms with Gasteiger partial charge in [-0.3, -0.25) is 0 Å². The Morgan fingerprint density at radius 3 is 2.48 bits per heavy atom. The van der Waals surface area contributed by atoms with Crippen molar-refractivity contribution in [3.05, 3.63) is 57.6 Å². The first-order valence-electron chi connectivity index (χ1n) is 6.77. The molecule has 0 spiro atoms. The number of rotatable bonds is 5. The number of aryl methyl sites for hydroxylation is 1. The summed E-state index contributed by atoms with van der Waals surface area (Å²) in [5, 5.41) is 0. The average molecular weight is 414 g/mol. The standard InChI is InChI=1S/C17H18Br2O2/c1-4-21-15-8-5-11(2)9-14(15)17(19)13-7-6-12(18)10-16(13)20-3/h5-10,17H,4H2,1-3H3. The van der Waals surface area contributed by atoms with Crippen molar-refractivity contribution in [1.29, 1.82) is 0 Å². The van der Waals surface area contributed by atoms with Crippen LogP contribution in [0.15, 0.2) is 40.9 Å². The molecule has 0 saturated carbocycles. The summed E-state index contributed by atoms with van der Waals surface area (Å²) in [6, 6.07) is 12.3. The van der Waals surface area contributed by atoms with Crippen molar-refractivity contribution in [3.63, 3.8) is 0 Å². The lowest BCUT2D eigenvalue weighted by molar-refractivity contribution is 0.336. The van der Waals surface area contributed by atoms with Crippen LogP contribution in [0.4, 0.5) is 0 Å². The maximum Gasteiger partial charge on any atom is 0.124 e. The summed E-state index contributed by atoms with van der Waals surface area (Å²) in [7, 11) is 1.69. The second-order valence-corrected chi connectivity index (χ2v) is 6.55. The molecular formula is C17H18Br2O2. The van der Waals surface area contributed by atoms with Gasteiger partial charge in [-0.2, -0.15) is 0 Å². The van der Waals surface area contributed by atoms with Crippen LogP contribution < -0.4 is 9.47 Å². The number of alkyl halides is 1. The van der Waals surface area contributed by atoms with Gasteiger partial charge in [-0.25, -0.2) is 0 Å². The molecule has 2 rings (SSSR count). The van der Waals surface area contributed by atoms with E-state index in [1.165, 1.54) is 5.56 Å². The summed E-state index contributed by atoms with van der Waals surface area (Å²) in [4.78, 5) is 0.0157. The summed E-state index contributed by atoms with van der Waals surface area (Å²) in [6.07, 6.45) is 0. The molecule has 0 amide bonds. The van der Waals surface area contributed by atoms with Gasteiger partial charge in [0.2, 0.25) is 0 Å². The average Bonchev–Trinajstić information content (AvgIpc) is 2.48. The molecule has 2 aromatic carbocycles. The first-order valence-corrected chi connectivity index (χ1v) is 8.48. The van der Waals surface area contributed by atoms with Crippen molar-refractivity contribution >= 4 is 31.9 Å². The topological polar surface area (TPSA) is 18.5 Å². The Morgan fingerprint density at radius 2 is 1.81 bits per heavy atom. The highest BCUT2D eigenvalue weighted by Crippen LogP contribution is 2.41. The van der Waals surface area contributed by atoms with Gasteiger partial charge >= 0.3 is 0 Å². The Balaban J connectivity index is 2.48. The molecule has 0 aliphatic rings. The molecule has 0 bridgehead atoms. The third-order valence-corrected chi connectivity index (χ3v) is 4.69. The number of halogens is 2. The van der Waals surface area contributed by atoms with Crippen molar-refractivity contribution < 1.29 is 9.47 Å². The third-order valence-electron chi connectivity index (χ3n) is 3.21. The number of hydrogen-bond donors (Lipinski definition) is 0. The maximum absolute atomic E-state index is 5.75. The monoisotopic (exact) mass is 412 g/mol. The molecule has 2 nitrogen and oxygen atoms in total. The lowest BCUT2D eigenvalue weighted by atomic mass is 10.0. The number of methoxy groups -OCH3 is 1. The lowest BCUT2D eigenvalue weighted by Crippen LogP contribution is -2.02. The van der Waals surface area contributed by atoms with E-state index in [4.69, 9.17) is 9.47 Å². The van der Waals surface area contributed by atoms with Gasteiger partial charge in [0.15, 0.2) is 0 Å². The van der Waals surface area contributed by atoms with Crippen LogP contribution in [0.25, 0.3) is 0 Å². The molecule has 1 unspecified atom stereocenters. The largest absolute Gasteiger partial charge is 0.496 e. The zero-order valence-corrected chi connectivity index (χ0v) is 15.5. The van der Waals surface area contributed by atoms with Crippen molar-refractivity contribution in [2.45, 2.75) is 18.7 Å². The first-order chi connectivity index (χ1) is 10.1. The second kappa shape index (κ2) is 7.32. The molecule has 0 aromatic heterocycles. The van der Waals surface area contributed by atoms with Gasteiger partial charge in [-0.1, -0.05) is 55.6 Å². The first kappa shape index (κ1) is 16.4. The van der Waals surface area contributed by atoms with Crippen LogP contribution in [0.2, 0.25) is 0 Å². The molecule has 4 heteroatoms. The van der Waals surface area contributed by atoms with E-state index in [1.54, 1.807) is 7.11 Å². The molecule has 0 aliphatic heterocycles. The van der Waals surface area contributed by atoms with Crippen LogP contribution >= 0.6 is 31.9 Å². The molecule has 0 N–H and O–H groups in total. The van der Waals surface area contributed by atoms with Crippen LogP contribution in [-0.4, -0.2) is 13.7 Å². The lowest BCUT2D eigenvalue weighted by Gasteiger charge is -2.19. The van der Waals surface area contributed by atoms with Gasteiger partial charge < -0.3 is 9.47 Å². The Kier molecular flexibility index (Phi) is 5.71. The fourth-order valence-corrected chi connectivity index (χ4v) is 3.29. The number of benzene rings is 2. The molecular weight excluding hydrogens is 396 g/mol. The van der Waals surface area contributed by atoms with Crippen molar-refractivity contribution in [3.8, 4) is 11.5 Å². The molecule has 0 fully saturated rings. The van der Waals surface area contributed by atoms with Gasteiger partial charge in [0.05, 0.1) is 18.5 Å². The highest BCUT2D eigenvalue weighted by molar-refractivity contribution is 9.10. The van der Waals surface area contributed by atoms with E-state index >= 15 is 0 Å². The molecule has 0 aliphatic carbocycles. The molecule has 1 atom stereocenters. The summed E-state index contributed by atoms with van der Waals surface area (Å²) < 4.78 is 12.2. The minimum absolute atomic E-state index is 0.0157. The van der Waals surface area contributed by atoms with Gasteiger partial charge in [-0.15, -0.1) is 0 Å². The van der Waals surface area contributed by atoms with Gasteiger partial charge in [0.25, 0.3) is 0 Å². The smallest absolute Gasteiger partial charge is 0.124 e. The fourth-order valence-electron chi connectivity index (χ4n) is 2.21. The molecule has 0 heterocycles. The molecule has 0 radical (unpaired) electrons. The van der Waals surface area contributed by atoms with Gasteiger partial charge in [0, 0.05) is 15.6 Å². The van der Waals surface area contributed by atoms with E-state index in [0.717, 1.165) is 27.1 Å². The fraction of sp³-hybridized carbons (Fsp3) is 0.294. The van der Waals surface area contributed by atoms with Crippen molar-refractivity contribution in [1.82, 2.24) is 0 Å². The summed E-state index contributed by atoms with van der Waals surface area (Å²) in [6.45, 7) is 4.72. The van der Waals surface area contributed by atoms with Crippen molar-refractivity contribution in [2.75, 3.05) is 13.7 Å². The number of ether oxygens (including phenoxy) is 2. The second-order valence-electron chi connectivity index (χ2n) is 4.72. The third kappa shape index (κ3) is 3.80. The van der Waals surface area contributed by atoms with E-state index in [-0.39, 0.29) is 4.83 Å². The van der Waals surface area contributed by atoms with Crippen LogP contribution in [-0.2, 0) is 0 Å². The highest BCUT2D eigenvalue weighted by atomic mass is 79.9. The minimum atomic E-state index is 0.0157. The zero-order valence-electron chi connectivity index (χ0n) is 12.3. The van der Waals surface area contributed by atoms with Crippen LogP contribution in [0, 0.1) is 6.92 Å². The van der Waals surface area contributed by atoms with Crippen LogP contribution in [0.3, 0.4) is 0 Å². The Hall–Kier alpha value is -1.00. The van der Waals surface area contributed by atoms with E-state index in [9.17, 15) is 0 Å². The van der Waals surface area contributed by atoms with Crippen LogP contribution in [0.1, 0.15) is 28.4 Å². The van der Waals surface area contributed by atoms with Gasteiger partial charge in [-0.05, 0) is 32.0 Å². The normalized spacial score (nSPS) is 12.0. The zero-order chi connectivity index (χ0) is 15.4. The molecule has 112 valence electrons. The van der Waals surface area contributed by atoms with Crippen LogP contribution in [0.5, 0.6) is 11.5 Å². The molecule has 2 aromatic rings.